The van der Waals surface area contributed by atoms with Crippen molar-refractivity contribution >= 4 is 11.6 Å². The summed E-state index contributed by atoms with van der Waals surface area (Å²) in [6.45, 7) is 3.80. The van der Waals surface area contributed by atoms with Gasteiger partial charge in [0.05, 0.1) is 12.2 Å². The second kappa shape index (κ2) is 7.53. The van der Waals surface area contributed by atoms with Crippen LogP contribution in [0.25, 0.3) is 0 Å². The highest BCUT2D eigenvalue weighted by atomic mass is 19.1. The highest BCUT2D eigenvalue weighted by molar-refractivity contribution is 6.04. The van der Waals surface area contributed by atoms with Crippen LogP contribution in [0.15, 0.2) is 59.4 Å². The Kier molecular flexibility index (Phi) is 5.16. The van der Waals surface area contributed by atoms with Gasteiger partial charge in [0, 0.05) is 18.8 Å². The summed E-state index contributed by atoms with van der Waals surface area (Å²) in [5.41, 5.74) is 1.45. The predicted octanol–water partition coefficient (Wildman–Crippen LogP) is 3.32. The molecule has 0 saturated heterocycles. The van der Waals surface area contributed by atoms with E-state index < -0.39 is 17.2 Å². The molecule has 6 heteroatoms. The quantitative estimate of drug-likeness (QED) is 0.713. The summed E-state index contributed by atoms with van der Waals surface area (Å²) < 4.78 is 16.0. The first-order valence-corrected chi connectivity index (χ1v) is 8.54. The number of aryl methyl sites for hydroxylation is 2. The van der Waals surface area contributed by atoms with E-state index in [1.165, 1.54) is 19.2 Å². The standard InChI is InChI=1S/C21H20FN3O2/c1-14-8-7-11-17(19(14)22)24(3)21(27)20-18(26)12-15(2)25(23-20)13-16-9-5-4-6-10-16/h4-12H,13H2,1-3H3. The van der Waals surface area contributed by atoms with Gasteiger partial charge in [-0.1, -0.05) is 42.5 Å². The number of hydrogen-bond acceptors (Lipinski definition) is 3. The average Bonchev–Trinajstić information content (AvgIpc) is 2.66. The van der Waals surface area contributed by atoms with Gasteiger partial charge in [0.15, 0.2) is 5.69 Å². The van der Waals surface area contributed by atoms with E-state index in [1.807, 2.05) is 30.3 Å². The molecule has 0 unspecified atom stereocenters. The summed E-state index contributed by atoms with van der Waals surface area (Å²) in [5.74, 6) is -1.14. The molecule has 0 aliphatic rings. The zero-order valence-electron chi connectivity index (χ0n) is 15.4. The number of carbonyl (C=O) groups is 1. The van der Waals surface area contributed by atoms with E-state index in [0.717, 1.165) is 10.5 Å². The number of nitrogens with zero attached hydrogens (tertiary/aromatic N) is 3. The summed E-state index contributed by atoms with van der Waals surface area (Å²) in [6.07, 6.45) is 0. The van der Waals surface area contributed by atoms with Crippen LogP contribution >= 0.6 is 0 Å². The van der Waals surface area contributed by atoms with Gasteiger partial charge in [0.1, 0.15) is 5.82 Å². The zero-order chi connectivity index (χ0) is 19.6. The molecule has 3 aromatic rings. The average molecular weight is 365 g/mol. The van der Waals surface area contributed by atoms with Crippen LogP contribution < -0.4 is 10.3 Å². The molecule has 0 aliphatic carbocycles. The Labute approximate surface area is 156 Å². The van der Waals surface area contributed by atoms with E-state index in [4.69, 9.17) is 0 Å². The van der Waals surface area contributed by atoms with Crippen molar-refractivity contribution in [1.29, 1.82) is 0 Å². The van der Waals surface area contributed by atoms with E-state index in [9.17, 15) is 14.0 Å². The van der Waals surface area contributed by atoms with Gasteiger partial charge in [-0.3, -0.25) is 14.3 Å². The third kappa shape index (κ3) is 3.79. The molecule has 0 bridgehead atoms. The van der Waals surface area contributed by atoms with Crippen LogP contribution in [0.5, 0.6) is 0 Å². The van der Waals surface area contributed by atoms with E-state index in [0.29, 0.717) is 17.8 Å². The fourth-order valence-corrected chi connectivity index (χ4v) is 2.81. The number of aromatic nitrogens is 2. The Morgan fingerprint density at radius 1 is 1.11 bits per heavy atom. The molecule has 0 N–H and O–H groups in total. The van der Waals surface area contributed by atoms with Gasteiger partial charge in [-0.15, -0.1) is 0 Å². The molecule has 27 heavy (non-hydrogen) atoms. The SMILES string of the molecule is Cc1cccc(N(C)C(=O)c2nn(Cc3ccccc3)c(C)cc2=O)c1F. The molecule has 0 fully saturated rings. The largest absolute Gasteiger partial charge is 0.307 e. The molecule has 0 saturated carbocycles. The van der Waals surface area contributed by atoms with Crippen LogP contribution in [0.2, 0.25) is 0 Å². The first kappa shape index (κ1) is 18.5. The maximum Gasteiger partial charge on any atom is 0.282 e. The van der Waals surface area contributed by atoms with Crippen LogP contribution in [0.4, 0.5) is 10.1 Å². The first-order chi connectivity index (χ1) is 12.9. The normalized spacial score (nSPS) is 10.7. The summed E-state index contributed by atoms with van der Waals surface area (Å²) in [6, 6.07) is 15.8. The molecule has 5 nitrogen and oxygen atoms in total. The van der Waals surface area contributed by atoms with Gasteiger partial charge in [0.25, 0.3) is 5.91 Å². The van der Waals surface area contributed by atoms with Gasteiger partial charge < -0.3 is 4.90 Å². The molecule has 138 valence electrons. The van der Waals surface area contributed by atoms with Crippen LogP contribution in [0, 0.1) is 19.7 Å². The monoisotopic (exact) mass is 365 g/mol. The minimum atomic E-state index is -0.647. The van der Waals surface area contributed by atoms with E-state index in [2.05, 4.69) is 5.10 Å². The lowest BCUT2D eigenvalue weighted by Gasteiger charge is -2.19. The van der Waals surface area contributed by atoms with Crippen molar-refractivity contribution in [3.8, 4) is 0 Å². The van der Waals surface area contributed by atoms with E-state index in [1.54, 1.807) is 30.7 Å². The lowest BCUT2D eigenvalue weighted by Crippen LogP contribution is -2.34. The molecular formula is C21H20FN3O2. The van der Waals surface area contributed by atoms with Crippen molar-refractivity contribution in [1.82, 2.24) is 9.78 Å². The van der Waals surface area contributed by atoms with Gasteiger partial charge in [-0.05, 0) is 31.0 Å². The van der Waals surface area contributed by atoms with Gasteiger partial charge in [-0.25, -0.2) is 4.39 Å². The molecule has 1 amide bonds. The fourth-order valence-electron chi connectivity index (χ4n) is 2.81. The second-order valence-electron chi connectivity index (χ2n) is 6.41. The summed E-state index contributed by atoms with van der Waals surface area (Å²) in [5, 5.41) is 4.26. The maximum absolute atomic E-state index is 14.4. The summed E-state index contributed by atoms with van der Waals surface area (Å²) >= 11 is 0. The Bertz CT molecular complexity index is 1050. The minimum Gasteiger partial charge on any atom is -0.307 e. The maximum atomic E-state index is 14.4. The Morgan fingerprint density at radius 2 is 1.81 bits per heavy atom. The summed E-state index contributed by atoms with van der Waals surface area (Å²) in [7, 11) is 1.43. The van der Waals surface area contributed by atoms with Crippen molar-refractivity contribution in [3.05, 3.63) is 93.2 Å². The number of anilines is 1. The predicted molar refractivity (Wildman–Crippen MR) is 103 cm³/mol. The van der Waals surface area contributed by atoms with Crippen molar-refractivity contribution in [2.24, 2.45) is 0 Å². The number of benzene rings is 2. The minimum absolute atomic E-state index is 0.108. The van der Waals surface area contributed by atoms with Gasteiger partial charge >= 0.3 is 0 Å². The lowest BCUT2D eigenvalue weighted by molar-refractivity contribution is 0.0984. The van der Waals surface area contributed by atoms with Gasteiger partial charge in [0.2, 0.25) is 5.43 Å². The Balaban J connectivity index is 1.98. The van der Waals surface area contributed by atoms with Crippen molar-refractivity contribution in [3.63, 3.8) is 0 Å². The highest BCUT2D eigenvalue weighted by Crippen LogP contribution is 2.21. The van der Waals surface area contributed by atoms with Crippen molar-refractivity contribution < 1.29 is 9.18 Å². The second-order valence-corrected chi connectivity index (χ2v) is 6.41. The van der Waals surface area contributed by atoms with Crippen LogP contribution in [0.1, 0.15) is 27.3 Å². The number of carbonyl (C=O) groups excluding carboxylic acids is 1. The van der Waals surface area contributed by atoms with Crippen LogP contribution in [0.3, 0.4) is 0 Å². The smallest absolute Gasteiger partial charge is 0.282 e. The van der Waals surface area contributed by atoms with Crippen molar-refractivity contribution in [2.75, 3.05) is 11.9 Å². The molecule has 3 rings (SSSR count). The molecule has 0 radical (unpaired) electrons. The van der Waals surface area contributed by atoms with Crippen molar-refractivity contribution in [2.45, 2.75) is 20.4 Å². The van der Waals surface area contributed by atoms with Crippen LogP contribution in [-0.4, -0.2) is 22.7 Å². The Hall–Kier alpha value is -3.28. The summed E-state index contributed by atoms with van der Waals surface area (Å²) in [4.78, 5) is 26.3. The third-order valence-electron chi connectivity index (χ3n) is 4.42. The van der Waals surface area contributed by atoms with E-state index >= 15 is 0 Å². The molecule has 0 spiro atoms. The Morgan fingerprint density at radius 3 is 2.52 bits per heavy atom. The zero-order valence-corrected chi connectivity index (χ0v) is 15.4. The highest BCUT2D eigenvalue weighted by Gasteiger charge is 2.22. The molecule has 0 aliphatic heterocycles. The molecule has 2 aromatic carbocycles. The number of hydrogen-bond donors (Lipinski definition) is 0. The number of rotatable bonds is 4. The fraction of sp³-hybridized carbons (Fsp3) is 0.190. The molecule has 1 heterocycles. The third-order valence-corrected chi connectivity index (χ3v) is 4.42. The molecule has 0 atom stereocenters. The lowest BCUT2D eigenvalue weighted by atomic mass is 10.2. The van der Waals surface area contributed by atoms with E-state index in [-0.39, 0.29) is 11.4 Å². The number of halogens is 1. The van der Waals surface area contributed by atoms with Crippen LogP contribution in [-0.2, 0) is 6.54 Å². The first-order valence-electron chi connectivity index (χ1n) is 8.54. The molecule has 1 aromatic heterocycles. The number of amides is 1. The molecular weight excluding hydrogens is 345 g/mol. The topological polar surface area (TPSA) is 55.2 Å². The van der Waals surface area contributed by atoms with Gasteiger partial charge in [-0.2, -0.15) is 5.10 Å².